The van der Waals surface area contributed by atoms with Crippen molar-refractivity contribution in [2.75, 3.05) is 0 Å². The highest BCUT2D eigenvalue weighted by molar-refractivity contribution is 6.48. The first-order valence-electron chi connectivity index (χ1n) is 8.94. The lowest BCUT2D eigenvalue weighted by molar-refractivity contribution is -0.131. The summed E-state index contributed by atoms with van der Waals surface area (Å²) >= 11 is 0. The Morgan fingerprint density at radius 2 is 2.00 bits per heavy atom. The summed E-state index contributed by atoms with van der Waals surface area (Å²) in [5.74, 6) is -1.97. The number of hydrogen-bond donors (Lipinski definition) is 1. The number of para-hydroxylation sites is 1. The maximum absolute atomic E-state index is 12.1. The fourth-order valence-electron chi connectivity index (χ4n) is 4.08. The largest absolute Gasteiger partial charge is 0.475 e. The highest BCUT2D eigenvalue weighted by atomic mass is 28.3. The molecule has 0 amide bonds. The number of hydrogen-bond acceptors (Lipinski definition) is 3. The maximum Gasteiger partial charge on any atom is 0.377 e. The number of benzene rings is 1. The van der Waals surface area contributed by atoms with Crippen molar-refractivity contribution in [3.8, 4) is 0 Å². The van der Waals surface area contributed by atoms with Crippen LogP contribution in [0.5, 0.6) is 0 Å². The van der Waals surface area contributed by atoms with Gasteiger partial charge in [-0.1, -0.05) is 39.0 Å². The molecule has 1 aliphatic heterocycles. The SMILES string of the molecule is C[Si](C)OC(C1Cc2cccc3c(C(=O)C(=O)O)cn(c23)C1)C(C)(C)C. The Morgan fingerprint density at radius 1 is 1.31 bits per heavy atom. The van der Waals surface area contributed by atoms with Gasteiger partial charge >= 0.3 is 5.97 Å². The average Bonchev–Trinajstić information content (AvgIpc) is 2.91. The van der Waals surface area contributed by atoms with Crippen molar-refractivity contribution < 1.29 is 19.1 Å². The van der Waals surface area contributed by atoms with Crippen molar-refractivity contribution >= 4 is 31.7 Å². The number of nitrogens with zero attached hydrogens (tertiary/aromatic N) is 1. The first-order chi connectivity index (χ1) is 12.1. The highest BCUT2D eigenvalue weighted by Gasteiger charge is 2.37. The lowest BCUT2D eigenvalue weighted by Crippen LogP contribution is -2.43. The molecule has 26 heavy (non-hydrogen) atoms. The fourth-order valence-corrected chi connectivity index (χ4v) is 5.13. The molecule has 1 radical (unpaired) electrons. The molecular weight excluding hydrogens is 346 g/mol. The first kappa shape index (κ1) is 18.9. The molecule has 0 bridgehead atoms. The van der Waals surface area contributed by atoms with E-state index < -0.39 is 20.8 Å². The van der Waals surface area contributed by atoms with Crippen LogP contribution in [-0.4, -0.2) is 36.6 Å². The lowest BCUT2D eigenvalue weighted by atomic mass is 9.77. The minimum Gasteiger partial charge on any atom is -0.475 e. The third kappa shape index (κ3) is 3.35. The van der Waals surface area contributed by atoms with Gasteiger partial charge in [0, 0.05) is 24.0 Å². The van der Waals surface area contributed by atoms with Gasteiger partial charge in [0.25, 0.3) is 5.78 Å². The van der Waals surface area contributed by atoms with Crippen molar-refractivity contribution in [2.24, 2.45) is 11.3 Å². The van der Waals surface area contributed by atoms with Crippen molar-refractivity contribution in [1.82, 2.24) is 4.57 Å². The van der Waals surface area contributed by atoms with Crippen LogP contribution in [0.2, 0.25) is 13.1 Å². The fraction of sp³-hybridized carbons (Fsp3) is 0.500. The molecule has 0 saturated heterocycles. The van der Waals surface area contributed by atoms with E-state index in [1.165, 1.54) is 0 Å². The summed E-state index contributed by atoms with van der Waals surface area (Å²) in [4.78, 5) is 23.3. The van der Waals surface area contributed by atoms with Gasteiger partial charge in [-0.2, -0.15) is 0 Å². The van der Waals surface area contributed by atoms with Crippen LogP contribution in [0, 0.1) is 11.3 Å². The van der Waals surface area contributed by atoms with E-state index in [4.69, 9.17) is 9.53 Å². The van der Waals surface area contributed by atoms with Gasteiger partial charge in [-0.25, -0.2) is 4.79 Å². The number of aliphatic carboxylic acids is 1. The van der Waals surface area contributed by atoms with Gasteiger partial charge in [0.2, 0.25) is 9.04 Å². The van der Waals surface area contributed by atoms with Gasteiger partial charge < -0.3 is 14.1 Å². The zero-order chi connectivity index (χ0) is 19.2. The monoisotopic (exact) mass is 372 g/mol. The lowest BCUT2D eigenvalue weighted by Gasteiger charge is -2.40. The molecule has 0 spiro atoms. The maximum atomic E-state index is 12.1. The second-order valence-corrected chi connectivity index (χ2v) is 10.5. The summed E-state index contributed by atoms with van der Waals surface area (Å²) in [6.07, 6.45) is 2.69. The number of Topliss-reactive ketones (excluding diaryl/α,β-unsaturated/α-hetero) is 1. The average molecular weight is 373 g/mol. The Kier molecular flexibility index (Phi) is 4.83. The summed E-state index contributed by atoms with van der Waals surface area (Å²) < 4.78 is 8.44. The van der Waals surface area contributed by atoms with Crippen molar-refractivity contribution in [1.29, 1.82) is 0 Å². The molecule has 2 atom stereocenters. The van der Waals surface area contributed by atoms with Gasteiger partial charge in [0.15, 0.2) is 0 Å². The molecule has 0 aliphatic carbocycles. The van der Waals surface area contributed by atoms with Crippen LogP contribution in [0.3, 0.4) is 0 Å². The number of carbonyl (C=O) groups is 2. The highest BCUT2D eigenvalue weighted by Crippen LogP contribution is 2.38. The van der Waals surface area contributed by atoms with Crippen molar-refractivity contribution in [3.63, 3.8) is 0 Å². The molecule has 5 nitrogen and oxygen atoms in total. The van der Waals surface area contributed by atoms with Gasteiger partial charge in [-0.15, -0.1) is 0 Å². The molecule has 0 saturated carbocycles. The van der Waals surface area contributed by atoms with Crippen LogP contribution >= 0.6 is 0 Å². The topological polar surface area (TPSA) is 68.5 Å². The molecule has 1 N–H and O–H groups in total. The number of carboxylic acids is 1. The van der Waals surface area contributed by atoms with E-state index in [2.05, 4.69) is 44.5 Å². The predicted octanol–water partition coefficient (Wildman–Crippen LogP) is 3.76. The molecule has 139 valence electrons. The van der Waals surface area contributed by atoms with Crippen LogP contribution in [0.15, 0.2) is 24.4 Å². The normalized spacial score (nSPS) is 18.3. The van der Waals surface area contributed by atoms with Gasteiger partial charge in [-0.05, 0) is 30.5 Å². The first-order valence-corrected chi connectivity index (χ1v) is 11.4. The Hall–Kier alpha value is -1.92. The van der Waals surface area contributed by atoms with Crippen LogP contribution in [0.25, 0.3) is 10.9 Å². The second-order valence-electron chi connectivity index (χ2n) is 8.42. The zero-order valence-electron chi connectivity index (χ0n) is 16.0. The Labute approximate surface area is 155 Å². The summed E-state index contributed by atoms with van der Waals surface area (Å²) in [7, 11) is -0.852. The van der Waals surface area contributed by atoms with Crippen LogP contribution in [0.4, 0.5) is 0 Å². The molecule has 1 aromatic carbocycles. The minimum absolute atomic E-state index is 0.00483. The Balaban J connectivity index is 2.05. The molecule has 2 unspecified atom stereocenters. The predicted molar refractivity (Wildman–Crippen MR) is 103 cm³/mol. The quantitative estimate of drug-likeness (QED) is 0.493. The molecule has 1 aromatic heterocycles. The van der Waals surface area contributed by atoms with Gasteiger partial charge in [0.1, 0.15) is 0 Å². The van der Waals surface area contributed by atoms with Gasteiger partial charge in [0.05, 0.1) is 17.2 Å². The van der Waals surface area contributed by atoms with E-state index in [9.17, 15) is 9.59 Å². The zero-order valence-corrected chi connectivity index (χ0v) is 17.0. The van der Waals surface area contributed by atoms with E-state index in [0.29, 0.717) is 0 Å². The van der Waals surface area contributed by atoms with Gasteiger partial charge in [-0.3, -0.25) is 4.79 Å². The number of rotatable bonds is 5. The molecular formula is C20H26NO4Si. The van der Waals surface area contributed by atoms with Crippen LogP contribution < -0.4 is 0 Å². The standard InChI is InChI=1S/C20H26NO4Si/c1-20(2,3)18(25-26(4)5)13-9-12-7-6-8-14-15(17(22)19(23)24)11-21(10-13)16(12)14/h6-8,11,13,18H,9-10H2,1-5H3,(H,23,24). The van der Waals surface area contributed by atoms with Crippen molar-refractivity contribution in [2.45, 2.75) is 52.9 Å². The molecule has 1 aliphatic rings. The summed E-state index contributed by atoms with van der Waals surface area (Å²) in [5, 5.41) is 9.87. The van der Waals surface area contributed by atoms with E-state index in [-0.39, 0.29) is 23.0 Å². The van der Waals surface area contributed by atoms with E-state index in [1.54, 1.807) is 6.20 Å². The van der Waals surface area contributed by atoms with E-state index in [1.807, 2.05) is 12.1 Å². The summed E-state index contributed by atoms with van der Waals surface area (Å²) in [6, 6.07) is 5.82. The summed E-state index contributed by atoms with van der Waals surface area (Å²) in [5.41, 5.74) is 2.42. The molecule has 2 heterocycles. The van der Waals surface area contributed by atoms with Crippen molar-refractivity contribution in [3.05, 3.63) is 35.5 Å². The minimum atomic E-state index is -1.41. The molecule has 2 aromatic rings. The summed E-state index contributed by atoms with van der Waals surface area (Å²) in [6.45, 7) is 11.6. The van der Waals surface area contributed by atoms with E-state index >= 15 is 0 Å². The van der Waals surface area contributed by atoms with E-state index in [0.717, 1.165) is 29.4 Å². The molecule has 3 rings (SSSR count). The van der Waals surface area contributed by atoms with Crippen LogP contribution in [-0.2, 0) is 22.2 Å². The van der Waals surface area contributed by atoms with Crippen LogP contribution in [0.1, 0.15) is 36.7 Å². The molecule has 0 fully saturated rings. The third-order valence-corrected chi connectivity index (χ3v) is 5.70. The number of carboxylic acid groups (broad SMARTS) is 1. The number of aromatic nitrogens is 1. The Bertz CT molecular complexity index is 863. The number of carbonyl (C=O) groups excluding carboxylic acids is 1. The molecule has 6 heteroatoms. The smallest absolute Gasteiger partial charge is 0.377 e. The number of ketones is 1. The third-order valence-electron chi connectivity index (χ3n) is 4.98. The second kappa shape index (κ2) is 6.67. The Morgan fingerprint density at radius 3 is 2.58 bits per heavy atom.